The summed E-state index contributed by atoms with van der Waals surface area (Å²) in [4.78, 5) is 0. The van der Waals surface area contributed by atoms with Crippen molar-refractivity contribution in [1.82, 2.24) is 9.78 Å². The Balaban J connectivity index is 2.11. The molecule has 0 saturated carbocycles. The molecule has 20 heavy (non-hydrogen) atoms. The molecule has 0 bridgehead atoms. The van der Waals surface area contributed by atoms with E-state index in [-0.39, 0.29) is 5.57 Å². The van der Waals surface area contributed by atoms with Crippen LogP contribution in [0.3, 0.4) is 0 Å². The first-order chi connectivity index (χ1) is 9.71. The van der Waals surface area contributed by atoms with Gasteiger partial charge in [-0.2, -0.15) is 15.6 Å². The van der Waals surface area contributed by atoms with Crippen LogP contribution in [0.4, 0.5) is 5.69 Å². The van der Waals surface area contributed by atoms with E-state index < -0.39 is 0 Å². The van der Waals surface area contributed by atoms with E-state index >= 15 is 0 Å². The minimum atomic E-state index is 0.0337. The van der Waals surface area contributed by atoms with Gasteiger partial charge in [0.05, 0.1) is 17.2 Å². The van der Waals surface area contributed by atoms with Crippen molar-refractivity contribution in [2.75, 3.05) is 5.32 Å². The second-order valence-electron chi connectivity index (χ2n) is 3.98. The Kier molecular flexibility index (Phi) is 4.54. The van der Waals surface area contributed by atoms with Gasteiger partial charge in [0.2, 0.25) is 0 Å². The fraction of sp³-hybridized carbons (Fsp3) is 0.0714. The highest BCUT2D eigenvalue weighted by atomic mass is 79.9. The van der Waals surface area contributed by atoms with Crippen molar-refractivity contribution in [3.63, 3.8) is 0 Å². The molecule has 0 unspecified atom stereocenters. The lowest BCUT2D eigenvalue weighted by Gasteiger charge is -2.05. The van der Waals surface area contributed by atoms with Crippen molar-refractivity contribution >= 4 is 21.6 Å². The molecule has 0 aliphatic heterocycles. The molecule has 6 heteroatoms. The maximum Gasteiger partial charge on any atom is 0.145 e. The molecule has 98 valence electrons. The number of rotatable bonds is 4. The summed E-state index contributed by atoms with van der Waals surface area (Å²) in [6.45, 7) is 0.647. The minimum absolute atomic E-state index is 0.0337. The average Bonchev–Trinajstić information content (AvgIpc) is 2.86. The van der Waals surface area contributed by atoms with Crippen LogP contribution in [0.15, 0.2) is 52.9 Å². The fourth-order valence-corrected chi connectivity index (χ4v) is 1.94. The van der Waals surface area contributed by atoms with Crippen molar-refractivity contribution in [2.24, 2.45) is 0 Å². The highest BCUT2D eigenvalue weighted by Crippen LogP contribution is 2.13. The number of benzene rings is 1. The normalized spacial score (nSPS) is 9.35. The number of nitriles is 2. The van der Waals surface area contributed by atoms with Gasteiger partial charge in [-0.25, -0.2) is 0 Å². The molecule has 5 nitrogen and oxygen atoms in total. The molecule has 1 aromatic heterocycles. The number of hydrogen-bond acceptors (Lipinski definition) is 4. The summed E-state index contributed by atoms with van der Waals surface area (Å²) in [6.07, 6.45) is 5.02. The van der Waals surface area contributed by atoms with Crippen molar-refractivity contribution in [3.05, 3.63) is 58.5 Å². The number of nitrogens with zero attached hydrogens (tertiary/aromatic N) is 4. The van der Waals surface area contributed by atoms with Gasteiger partial charge in [-0.15, -0.1) is 0 Å². The summed E-state index contributed by atoms with van der Waals surface area (Å²) in [7, 11) is 0. The van der Waals surface area contributed by atoms with Gasteiger partial charge in [-0.05, 0) is 33.6 Å². The van der Waals surface area contributed by atoms with Crippen LogP contribution in [0, 0.1) is 22.7 Å². The molecule has 0 amide bonds. The highest BCUT2D eigenvalue weighted by Gasteiger charge is 1.99. The third-order valence-electron chi connectivity index (χ3n) is 2.50. The van der Waals surface area contributed by atoms with Gasteiger partial charge in [-0.1, -0.05) is 12.1 Å². The maximum atomic E-state index is 8.66. The monoisotopic (exact) mass is 327 g/mol. The lowest BCUT2D eigenvalue weighted by molar-refractivity contribution is 0.687. The number of allylic oxidation sites excluding steroid dienone is 1. The van der Waals surface area contributed by atoms with Gasteiger partial charge in [0.1, 0.15) is 17.7 Å². The SMILES string of the molecule is N#CC(C#N)=CNc1cccc(Cn2cc(Br)cn2)c1. The quantitative estimate of drug-likeness (QED) is 0.875. The van der Waals surface area contributed by atoms with Crippen LogP contribution in [-0.2, 0) is 6.54 Å². The molecule has 0 fully saturated rings. The summed E-state index contributed by atoms with van der Waals surface area (Å²) in [6, 6.07) is 11.3. The van der Waals surface area contributed by atoms with Crippen LogP contribution in [-0.4, -0.2) is 9.78 Å². The zero-order chi connectivity index (χ0) is 14.4. The van der Waals surface area contributed by atoms with Gasteiger partial charge in [0.15, 0.2) is 0 Å². The lowest BCUT2D eigenvalue weighted by atomic mass is 10.2. The van der Waals surface area contributed by atoms with E-state index in [1.165, 1.54) is 6.20 Å². The van der Waals surface area contributed by atoms with Gasteiger partial charge in [0.25, 0.3) is 0 Å². The standard InChI is InChI=1S/C14H10BrN5/c15-13-8-19-20(10-13)9-11-2-1-3-14(4-11)18-7-12(5-16)6-17/h1-4,7-8,10,18H,9H2. The highest BCUT2D eigenvalue weighted by molar-refractivity contribution is 9.10. The Hall–Kier alpha value is -2.57. The number of aromatic nitrogens is 2. The van der Waals surface area contributed by atoms with Crippen molar-refractivity contribution in [2.45, 2.75) is 6.54 Å². The molecular weight excluding hydrogens is 318 g/mol. The van der Waals surface area contributed by atoms with E-state index in [1.807, 2.05) is 35.1 Å². The number of halogens is 1. The third-order valence-corrected chi connectivity index (χ3v) is 2.91. The Morgan fingerprint density at radius 1 is 1.40 bits per heavy atom. The molecule has 0 saturated heterocycles. The van der Waals surface area contributed by atoms with E-state index in [2.05, 4.69) is 26.3 Å². The molecular formula is C14H10BrN5. The molecule has 2 aromatic rings. The average molecular weight is 328 g/mol. The first-order valence-electron chi connectivity index (χ1n) is 5.75. The van der Waals surface area contributed by atoms with Crippen molar-refractivity contribution < 1.29 is 0 Å². The number of nitrogens with one attached hydrogen (secondary N) is 1. The van der Waals surface area contributed by atoms with E-state index in [0.29, 0.717) is 6.54 Å². The van der Waals surface area contributed by atoms with Gasteiger partial charge in [-0.3, -0.25) is 4.68 Å². The first kappa shape index (κ1) is 13.9. The van der Waals surface area contributed by atoms with Gasteiger partial charge < -0.3 is 5.32 Å². The second-order valence-corrected chi connectivity index (χ2v) is 4.90. The van der Waals surface area contributed by atoms with Crippen LogP contribution in [0.1, 0.15) is 5.56 Å². The largest absolute Gasteiger partial charge is 0.360 e. The van der Waals surface area contributed by atoms with Crippen LogP contribution >= 0.6 is 15.9 Å². The van der Waals surface area contributed by atoms with Gasteiger partial charge >= 0.3 is 0 Å². The summed E-state index contributed by atoms with van der Waals surface area (Å²) in [5.41, 5.74) is 1.91. The Morgan fingerprint density at radius 3 is 2.85 bits per heavy atom. The minimum Gasteiger partial charge on any atom is -0.360 e. The Morgan fingerprint density at radius 2 is 2.20 bits per heavy atom. The molecule has 2 rings (SSSR count). The molecule has 1 heterocycles. The summed E-state index contributed by atoms with van der Waals surface area (Å²) >= 11 is 3.35. The van der Waals surface area contributed by atoms with E-state index in [4.69, 9.17) is 10.5 Å². The maximum absolute atomic E-state index is 8.66. The van der Waals surface area contributed by atoms with Crippen molar-refractivity contribution in [1.29, 1.82) is 10.5 Å². The lowest BCUT2D eigenvalue weighted by Crippen LogP contribution is -2.00. The van der Waals surface area contributed by atoms with Crippen LogP contribution in [0.25, 0.3) is 0 Å². The van der Waals surface area contributed by atoms with Crippen LogP contribution < -0.4 is 5.32 Å². The zero-order valence-corrected chi connectivity index (χ0v) is 12.0. The van der Waals surface area contributed by atoms with E-state index in [0.717, 1.165) is 15.7 Å². The molecule has 0 radical (unpaired) electrons. The molecule has 0 spiro atoms. The topological polar surface area (TPSA) is 77.4 Å². The number of hydrogen-bond donors (Lipinski definition) is 1. The van der Waals surface area contributed by atoms with Crippen LogP contribution in [0.2, 0.25) is 0 Å². The molecule has 0 aliphatic carbocycles. The fourth-order valence-electron chi connectivity index (χ4n) is 1.62. The molecule has 0 atom stereocenters. The Labute approximate surface area is 124 Å². The summed E-state index contributed by atoms with van der Waals surface area (Å²) in [5.74, 6) is 0. The summed E-state index contributed by atoms with van der Waals surface area (Å²) < 4.78 is 2.75. The van der Waals surface area contributed by atoms with Gasteiger partial charge in [0, 0.05) is 18.1 Å². The zero-order valence-electron chi connectivity index (χ0n) is 10.4. The molecule has 1 N–H and O–H groups in total. The van der Waals surface area contributed by atoms with Crippen LogP contribution in [0.5, 0.6) is 0 Å². The Bertz CT molecular complexity index is 702. The van der Waals surface area contributed by atoms with Crippen molar-refractivity contribution in [3.8, 4) is 12.1 Å². The summed E-state index contributed by atoms with van der Waals surface area (Å²) in [5, 5.41) is 24.4. The van der Waals surface area contributed by atoms with E-state index in [1.54, 1.807) is 18.3 Å². The number of anilines is 1. The smallest absolute Gasteiger partial charge is 0.145 e. The third kappa shape index (κ3) is 3.71. The molecule has 0 aliphatic rings. The van der Waals surface area contributed by atoms with E-state index in [9.17, 15) is 0 Å². The second kappa shape index (κ2) is 6.55. The first-order valence-corrected chi connectivity index (χ1v) is 6.54. The predicted molar refractivity (Wildman–Crippen MR) is 78.4 cm³/mol. The predicted octanol–water partition coefficient (Wildman–Crippen LogP) is 3.04. The molecule has 1 aromatic carbocycles.